The Morgan fingerprint density at radius 3 is 1.58 bits per heavy atom. The molecule has 0 fully saturated rings. The number of rotatable bonds is 11. The van der Waals surface area contributed by atoms with Crippen molar-refractivity contribution in [3.63, 3.8) is 0 Å². The largest absolute Gasteiger partial charge is 0.437 e. The fraction of sp³-hybridized carbons (Fsp3) is 0.0345. The summed E-state index contributed by atoms with van der Waals surface area (Å²) in [6.45, 7) is 7.34. The van der Waals surface area contributed by atoms with E-state index >= 15 is 0 Å². The molecule has 0 aromatic heterocycles. The van der Waals surface area contributed by atoms with Crippen LogP contribution in [0.3, 0.4) is 0 Å². The minimum absolute atomic E-state index is 0.491. The summed E-state index contributed by atoms with van der Waals surface area (Å²) in [7, 11) is -6.53. The van der Waals surface area contributed by atoms with E-state index < -0.39 is 14.9 Å². The second kappa shape index (κ2) is 11.3. The first-order chi connectivity index (χ1) is 17.4. The molecule has 0 heterocycles. The summed E-state index contributed by atoms with van der Waals surface area (Å²) >= 11 is 0. The van der Waals surface area contributed by atoms with Crippen molar-refractivity contribution < 1.29 is 18.2 Å². The molecular weight excluding hydrogens is 488 g/mol. The molecule has 4 rings (SSSR count). The van der Waals surface area contributed by atoms with Gasteiger partial charge in [0.25, 0.3) is 7.37 Å². The summed E-state index contributed by atoms with van der Waals surface area (Å²) in [4.78, 5) is 0. The number of hydrogen-bond acceptors (Lipinski definition) is 4. The standard InChI is InChI=1S/C29H27NO4P2/c1-3-30-36(32,29-13-9-6-10-14-29)34-27-21-17-25(18-22-27)23-24-15-19-26(20-16-24)33-35(31,4-2)28-11-7-5-8-12-28/h3-22H,1-2,23H2,(H,30,32). The fourth-order valence-corrected chi connectivity index (χ4v) is 6.55. The smallest absolute Gasteiger partial charge is 0.371 e. The van der Waals surface area contributed by atoms with Gasteiger partial charge in [-0.3, -0.25) is 4.57 Å². The van der Waals surface area contributed by atoms with Crippen molar-refractivity contribution in [3.8, 4) is 11.5 Å². The Hall–Kier alpha value is -3.78. The second-order valence-corrected chi connectivity index (χ2v) is 12.3. The van der Waals surface area contributed by atoms with E-state index in [4.69, 9.17) is 9.05 Å². The molecule has 2 unspecified atom stereocenters. The van der Waals surface area contributed by atoms with E-state index in [9.17, 15) is 9.13 Å². The minimum atomic E-state index is -3.34. The second-order valence-electron chi connectivity index (χ2n) is 7.98. The fourth-order valence-electron chi connectivity index (χ4n) is 3.61. The van der Waals surface area contributed by atoms with Crippen molar-refractivity contribution in [1.29, 1.82) is 0 Å². The molecule has 0 aliphatic rings. The Labute approximate surface area is 212 Å². The molecule has 7 heteroatoms. The van der Waals surface area contributed by atoms with Crippen LogP contribution in [0.1, 0.15) is 11.1 Å². The van der Waals surface area contributed by atoms with Crippen LogP contribution in [0.15, 0.2) is 134 Å². The van der Waals surface area contributed by atoms with Crippen molar-refractivity contribution in [2.75, 3.05) is 0 Å². The third kappa shape index (κ3) is 6.07. The van der Waals surface area contributed by atoms with Crippen LogP contribution in [0.2, 0.25) is 0 Å². The summed E-state index contributed by atoms with van der Waals surface area (Å²) in [6.07, 6.45) is 2.06. The normalized spacial score (nSPS) is 14.0. The molecule has 0 bridgehead atoms. The third-order valence-electron chi connectivity index (χ3n) is 5.44. The van der Waals surface area contributed by atoms with E-state index in [0.717, 1.165) is 11.1 Å². The Morgan fingerprint density at radius 2 is 1.11 bits per heavy atom. The van der Waals surface area contributed by atoms with Crippen LogP contribution in [0.5, 0.6) is 11.5 Å². The molecule has 2 atom stereocenters. The highest BCUT2D eigenvalue weighted by atomic mass is 31.2. The zero-order chi connectivity index (χ0) is 25.4. The van der Waals surface area contributed by atoms with E-state index in [0.29, 0.717) is 28.5 Å². The molecule has 4 aromatic rings. The van der Waals surface area contributed by atoms with E-state index in [-0.39, 0.29) is 0 Å². The maximum atomic E-state index is 13.4. The third-order valence-corrected chi connectivity index (χ3v) is 9.39. The van der Waals surface area contributed by atoms with Gasteiger partial charge < -0.3 is 14.1 Å². The first-order valence-corrected chi connectivity index (χ1v) is 14.7. The molecule has 0 saturated heterocycles. The van der Waals surface area contributed by atoms with Gasteiger partial charge >= 0.3 is 7.52 Å². The summed E-state index contributed by atoms with van der Waals surface area (Å²) in [5.41, 5.74) is 2.12. The van der Waals surface area contributed by atoms with Gasteiger partial charge in [-0.15, -0.1) is 0 Å². The lowest BCUT2D eigenvalue weighted by Gasteiger charge is -2.19. The van der Waals surface area contributed by atoms with E-state index in [1.165, 1.54) is 12.0 Å². The summed E-state index contributed by atoms with van der Waals surface area (Å²) < 4.78 is 38.3. The van der Waals surface area contributed by atoms with Gasteiger partial charge in [0.15, 0.2) is 0 Å². The maximum absolute atomic E-state index is 13.4. The van der Waals surface area contributed by atoms with Gasteiger partial charge in [0, 0.05) is 5.82 Å². The Kier molecular flexibility index (Phi) is 7.95. The van der Waals surface area contributed by atoms with Gasteiger partial charge in [0.05, 0.1) is 10.6 Å². The quantitative estimate of drug-likeness (QED) is 0.217. The van der Waals surface area contributed by atoms with Crippen LogP contribution in [-0.2, 0) is 15.6 Å². The van der Waals surface area contributed by atoms with Crippen LogP contribution in [-0.4, -0.2) is 0 Å². The lowest BCUT2D eigenvalue weighted by atomic mass is 10.1. The first kappa shape index (κ1) is 25.3. The van der Waals surface area contributed by atoms with Crippen LogP contribution in [0.25, 0.3) is 0 Å². The van der Waals surface area contributed by atoms with Gasteiger partial charge in [0.2, 0.25) is 0 Å². The minimum Gasteiger partial charge on any atom is -0.437 e. The van der Waals surface area contributed by atoms with Gasteiger partial charge in [-0.05, 0) is 72.3 Å². The maximum Gasteiger partial charge on any atom is 0.371 e. The van der Waals surface area contributed by atoms with E-state index in [1.807, 2.05) is 72.8 Å². The van der Waals surface area contributed by atoms with Crippen molar-refractivity contribution in [1.82, 2.24) is 5.09 Å². The van der Waals surface area contributed by atoms with Gasteiger partial charge in [0.1, 0.15) is 11.5 Å². The van der Waals surface area contributed by atoms with Crippen LogP contribution >= 0.6 is 14.9 Å². The van der Waals surface area contributed by atoms with Gasteiger partial charge in [-0.2, -0.15) is 0 Å². The first-order valence-electron chi connectivity index (χ1n) is 11.3. The summed E-state index contributed by atoms with van der Waals surface area (Å²) in [5.74, 6) is 2.38. The summed E-state index contributed by atoms with van der Waals surface area (Å²) in [5, 5.41) is 3.94. The summed E-state index contributed by atoms with van der Waals surface area (Å²) in [6, 6.07) is 33.0. The molecule has 0 spiro atoms. The van der Waals surface area contributed by atoms with Crippen LogP contribution < -0.4 is 24.7 Å². The lowest BCUT2D eigenvalue weighted by Crippen LogP contribution is -2.19. The molecule has 1 N–H and O–H groups in total. The van der Waals surface area contributed by atoms with E-state index in [2.05, 4.69) is 18.2 Å². The van der Waals surface area contributed by atoms with Crippen LogP contribution in [0, 0.1) is 0 Å². The molecule has 36 heavy (non-hydrogen) atoms. The highest BCUT2D eigenvalue weighted by Gasteiger charge is 2.26. The SMILES string of the molecule is C=CNP(=O)(Oc1ccc(Cc2ccc(OP(=O)(C=C)c3ccccc3)cc2)cc1)c1ccccc1. The molecule has 0 aliphatic heterocycles. The molecule has 5 nitrogen and oxygen atoms in total. The predicted octanol–water partition coefficient (Wildman–Crippen LogP) is 7.03. The monoisotopic (exact) mass is 515 g/mol. The molecular formula is C29H27NO4P2. The van der Waals surface area contributed by atoms with Crippen molar-refractivity contribution in [2.24, 2.45) is 0 Å². The molecule has 0 aliphatic carbocycles. The van der Waals surface area contributed by atoms with Crippen molar-refractivity contribution >= 4 is 25.5 Å². The Morgan fingerprint density at radius 1 is 0.639 bits per heavy atom. The van der Waals surface area contributed by atoms with E-state index in [1.54, 1.807) is 36.4 Å². The molecule has 4 aromatic carbocycles. The van der Waals surface area contributed by atoms with Crippen molar-refractivity contribution in [2.45, 2.75) is 6.42 Å². The number of benzene rings is 4. The zero-order valence-electron chi connectivity index (χ0n) is 19.7. The predicted molar refractivity (Wildman–Crippen MR) is 148 cm³/mol. The van der Waals surface area contributed by atoms with Crippen LogP contribution in [0.4, 0.5) is 0 Å². The molecule has 0 amide bonds. The molecule has 0 radical (unpaired) electrons. The van der Waals surface area contributed by atoms with Gasteiger partial charge in [-0.25, -0.2) is 4.57 Å². The zero-order valence-corrected chi connectivity index (χ0v) is 21.5. The number of nitrogens with one attached hydrogen (secondary N) is 1. The average molecular weight is 515 g/mol. The molecule has 0 saturated carbocycles. The topological polar surface area (TPSA) is 64.6 Å². The highest BCUT2D eigenvalue weighted by Crippen LogP contribution is 2.47. The van der Waals surface area contributed by atoms with Gasteiger partial charge in [-0.1, -0.05) is 73.8 Å². The Bertz CT molecular complexity index is 1400. The highest BCUT2D eigenvalue weighted by molar-refractivity contribution is 7.70. The number of hydrogen-bond donors (Lipinski definition) is 1. The average Bonchev–Trinajstić information content (AvgIpc) is 2.92. The Balaban J connectivity index is 1.42. The molecule has 182 valence electrons. The van der Waals surface area contributed by atoms with Crippen molar-refractivity contribution in [3.05, 3.63) is 145 Å². The lowest BCUT2D eigenvalue weighted by molar-refractivity contribution is 0.486.